The monoisotopic (exact) mass is 340 g/mol. The van der Waals surface area contributed by atoms with Crippen LogP contribution in [0.2, 0.25) is 0 Å². The quantitative estimate of drug-likeness (QED) is 0.700. The highest BCUT2D eigenvalue weighted by atomic mass is 16.6. The van der Waals surface area contributed by atoms with E-state index in [1.165, 1.54) is 44.1 Å². The Bertz CT molecular complexity index is 630. The number of hydrogen-bond donors (Lipinski definition) is 0. The van der Waals surface area contributed by atoms with E-state index in [2.05, 4.69) is 39.0 Å². The smallest absolute Gasteiger partial charge is 0.123 e. The third-order valence-corrected chi connectivity index (χ3v) is 7.21. The van der Waals surface area contributed by atoms with Gasteiger partial charge in [0.1, 0.15) is 18.5 Å². The number of epoxide rings is 1. The van der Waals surface area contributed by atoms with Gasteiger partial charge in [-0.15, -0.1) is 0 Å². The zero-order chi connectivity index (χ0) is 17.2. The molecule has 1 aromatic carbocycles. The SMILES string of the molecule is CC(C)(C)c1c(OCC2CO2)cccc1C12CC3CC(CC(C3)C1)C2. The molecule has 0 spiro atoms. The maximum Gasteiger partial charge on any atom is 0.123 e. The van der Waals surface area contributed by atoms with Crippen LogP contribution in [0.4, 0.5) is 0 Å². The van der Waals surface area contributed by atoms with Crippen molar-refractivity contribution >= 4 is 0 Å². The van der Waals surface area contributed by atoms with Crippen LogP contribution in [0, 0.1) is 17.8 Å². The molecule has 1 unspecified atom stereocenters. The lowest BCUT2D eigenvalue weighted by molar-refractivity contribution is -0.00608. The Hall–Kier alpha value is -1.02. The Morgan fingerprint density at radius 2 is 1.64 bits per heavy atom. The molecule has 2 nitrogen and oxygen atoms in total. The molecule has 0 N–H and O–H groups in total. The predicted molar refractivity (Wildman–Crippen MR) is 100 cm³/mol. The number of hydrogen-bond acceptors (Lipinski definition) is 2. The summed E-state index contributed by atoms with van der Waals surface area (Å²) in [5, 5.41) is 0. The molecule has 0 radical (unpaired) electrons. The molecule has 1 aromatic rings. The van der Waals surface area contributed by atoms with Crippen molar-refractivity contribution in [1.29, 1.82) is 0 Å². The van der Waals surface area contributed by atoms with Gasteiger partial charge in [-0.05, 0) is 78.7 Å². The first-order chi connectivity index (χ1) is 11.9. The fraction of sp³-hybridized carbons (Fsp3) is 0.739. The molecule has 1 aliphatic heterocycles. The van der Waals surface area contributed by atoms with Crippen LogP contribution in [0.25, 0.3) is 0 Å². The van der Waals surface area contributed by atoms with Gasteiger partial charge in [0.25, 0.3) is 0 Å². The van der Waals surface area contributed by atoms with E-state index in [0.717, 1.165) is 30.1 Å². The molecule has 136 valence electrons. The van der Waals surface area contributed by atoms with Gasteiger partial charge in [-0.3, -0.25) is 0 Å². The van der Waals surface area contributed by atoms with Crippen molar-refractivity contribution in [2.45, 2.75) is 76.2 Å². The van der Waals surface area contributed by atoms with Crippen molar-refractivity contribution in [2.24, 2.45) is 17.8 Å². The van der Waals surface area contributed by atoms with Crippen LogP contribution >= 0.6 is 0 Å². The molecule has 5 fully saturated rings. The van der Waals surface area contributed by atoms with Crippen LogP contribution in [-0.4, -0.2) is 19.3 Å². The summed E-state index contributed by atoms with van der Waals surface area (Å²) in [6.07, 6.45) is 9.06. The van der Waals surface area contributed by atoms with Crippen molar-refractivity contribution in [2.75, 3.05) is 13.2 Å². The molecule has 25 heavy (non-hydrogen) atoms. The van der Waals surface area contributed by atoms with Crippen LogP contribution in [0.1, 0.15) is 70.4 Å². The van der Waals surface area contributed by atoms with Crippen molar-refractivity contribution in [3.8, 4) is 5.75 Å². The van der Waals surface area contributed by atoms with Crippen LogP contribution in [0.5, 0.6) is 5.75 Å². The number of ether oxygens (including phenoxy) is 2. The topological polar surface area (TPSA) is 21.8 Å². The second-order valence-electron chi connectivity index (χ2n) is 10.4. The van der Waals surface area contributed by atoms with Gasteiger partial charge >= 0.3 is 0 Å². The highest BCUT2D eigenvalue weighted by Crippen LogP contribution is 2.62. The van der Waals surface area contributed by atoms with E-state index in [1.54, 1.807) is 5.56 Å². The molecule has 2 heteroatoms. The second kappa shape index (κ2) is 5.49. The van der Waals surface area contributed by atoms with Gasteiger partial charge in [0.15, 0.2) is 0 Å². The Morgan fingerprint density at radius 3 is 2.16 bits per heavy atom. The minimum atomic E-state index is 0.111. The molecule has 0 amide bonds. The summed E-state index contributed by atoms with van der Waals surface area (Å²) in [6, 6.07) is 6.87. The summed E-state index contributed by atoms with van der Waals surface area (Å²) in [6.45, 7) is 8.62. The Morgan fingerprint density at radius 1 is 1.04 bits per heavy atom. The third-order valence-electron chi connectivity index (χ3n) is 7.21. The molecule has 1 heterocycles. The summed E-state index contributed by atoms with van der Waals surface area (Å²) in [5.41, 5.74) is 3.62. The molecule has 1 atom stereocenters. The van der Waals surface area contributed by atoms with Gasteiger partial charge in [0.2, 0.25) is 0 Å². The van der Waals surface area contributed by atoms with Crippen LogP contribution in [0.3, 0.4) is 0 Å². The van der Waals surface area contributed by atoms with Crippen LogP contribution in [0.15, 0.2) is 18.2 Å². The molecule has 4 saturated carbocycles. The lowest BCUT2D eigenvalue weighted by atomic mass is 9.47. The van der Waals surface area contributed by atoms with E-state index in [0.29, 0.717) is 18.1 Å². The average molecular weight is 341 g/mol. The first-order valence-corrected chi connectivity index (χ1v) is 10.3. The highest BCUT2D eigenvalue weighted by molar-refractivity contribution is 5.49. The van der Waals surface area contributed by atoms with Crippen molar-refractivity contribution in [3.05, 3.63) is 29.3 Å². The van der Waals surface area contributed by atoms with Crippen molar-refractivity contribution in [1.82, 2.24) is 0 Å². The highest BCUT2D eigenvalue weighted by Gasteiger charge is 2.52. The summed E-state index contributed by atoms with van der Waals surface area (Å²) >= 11 is 0. The lowest BCUT2D eigenvalue weighted by Gasteiger charge is -2.58. The molecule has 5 aliphatic rings. The van der Waals surface area contributed by atoms with Gasteiger partial charge in [0, 0.05) is 5.56 Å². The zero-order valence-electron chi connectivity index (χ0n) is 16.0. The Balaban J connectivity index is 1.57. The maximum atomic E-state index is 6.27. The number of benzene rings is 1. The first kappa shape index (κ1) is 16.2. The fourth-order valence-corrected chi connectivity index (χ4v) is 6.65. The minimum Gasteiger partial charge on any atom is -0.490 e. The normalized spacial score (nSPS) is 38.8. The first-order valence-electron chi connectivity index (χ1n) is 10.3. The zero-order valence-corrected chi connectivity index (χ0v) is 16.0. The molecule has 6 rings (SSSR count). The Kier molecular flexibility index (Phi) is 3.55. The van der Waals surface area contributed by atoms with E-state index in [1.807, 2.05) is 0 Å². The van der Waals surface area contributed by atoms with Crippen LogP contribution < -0.4 is 4.74 Å². The molecule has 0 aromatic heterocycles. The van der Waals surface area contributed by atoms with E-state index in [4.69, 9.17) is 9.47 Å². The van der Waals surface area contributed by atoms with Crippen LogP contribution in [-0.2, 0) is 15.6 Å². The number of rotatable bonds is 4. The van der Waals surface area contributed by atoms with E-state index in [9.17, 15) is 0 Å². The average Bonchev–Trinajstić information content (AvgIpc) is 3.34. The Labute approximate surface area is 152 Å². The summed E-state index contributed by atoms with van der Waals surface area (Å²) in [4.78, 5) is 0. The van der Waals surface area contributed by atoms with E-state index in [-0.39, 0.29) is 5.41 Å². The van der Waals surface area contributed by atoms with Gasteiger partial charge in [0.05, 0.1) is 6.61 Å². The summed E-state index contributed by atoms with van der Waals surface area (Å²) in [7, 11) is 0. The second-order valence-corrected chi connectivity index (χ2v) is 10.4. The maximum absolute atomic E-state index is 6.27. The van der Waals surface area contributed by atoms with E-state index < -0.39 is 0 Å². The molecule has 4 aliphatic carbocycles. The van der Waals surface area contributed by atoms with E-state index >= 15 is 0 Å². The van der Waals surface area contributed by atoms with Crippen molar-refractivity contribution < 1.29 is 9.47 Å². The van der Waals surface area contributed by atoms with Gasteiger partial charge in [-0.25, -0.2) is 0 Å². The van der Waals surface area contributed by atoms with Gasteiger partial charge < -0.3 is 9.47 Å². The summed E-state index contributed by atoms with van der Waals surface area (Å²) < 4.78 is 11.6. The minimum absolute atomic E-state index is 0.111. The molecule has 1 saturated heterocycles. The van der Waals surface area contributed by atoms with Gasteiger partial charge in [-0.2, -0.15) is 0 Å². The fourth-order valence-electron chi connectivity index (χ4n) is 6.65. The summed E-state index contributed by atoms with van der Waals surface area (Å²) in [5.74, 6) is 4.03. The molecular weight excluding hydrogens is 308 g/mol. The largest absolute Gasteiger partial charge is 0.490 e. The van der Waals surface area contributed by atoms with Crippen molar-refractivity contribution in [3.63, 3.8) is 0 Å². The standard InChI is InChI=1S/C23H32O2/c1-22(2,3)21-19(5-4-6-20(21)25-14-18-13-24-18)23-10-15-7-16(11-23)9-17(8-15)12-23/h4-6,15-18H,7-14H2,1-3H3. The lowest BCUT2D eigenvalue weighted by Crippen LogP contribution is -2.49. The predicted octanol–water partition coefficient (Wildman–Crippen LogP) is 5.23. The molecule has 4 bridgehead atoms. The third kappa shape index (κ3) is 2.81. The molecular formula is C23H32O2. The van der Waals surface area contributed by atoms with Gasteiger partial charge in [-0.1, -0.05) is 32.9 Å².